The summed E-state index contributed by atoms with van der Waals surface area (Å²) in [5.74, 6) is -0.0952. The van der Waals surface area contributed by atoms with Crippen molar-refractivity contribution >= 4 is 33.1 Å². The molecular weight excluding hydrogens is 278 g/mol. The largest absolute Gasteiger partial charge is 0.370 e. The van der Waals surface area contributed by atoms with Crippen molar-refractivity contribution in [3.05, 3.63) is 27.0 Å². The van der Waals surface area contributed by atoms with Crippen LogP contribution in [0, 0.1) is 10.1 Å². The van der Waals surface area contributed by atoms with Crippen molar-refractivity contribution in [2.75, 3.05) is 5.32 Å². The van der Waals surface area contributed by atoms with E-state index in [0.717, 1.165) is 6.20 Å². The number of rotatable bonds is 4. The van der Waals surface area contributed by atoms with Crippen LogP contribution in [-0.4, -0.2) is 21.7 Å². The van der Waals surface area contributed by atoms with E-state index in [9.17, 15) is 14.9 Å². The normalized spacial score (nSPS) is 11.9. The van der Waals surface area contributed by atoms with Gasteiger partial charge < -0.3 is 5.32 Å². The zero-order valence-electron chi connectivity index (χ0n) is 8.73. The van der Waals surface area contributed by atoms with Crippen LogP contribution in [0.15, 0.2) is 16.9 Å². The van der Waals surface area contributed by atoms with E-state index >= 15 is 0 Å². The molecule has 0 aliphatic carbocycles. The third-order valence-electron chi connectivity index (χ3n) is 2.03. The van der Waals surface area contributed by atoms with E-state index in [4.69, 9.17) is 0 Å². The van der Waals surface area contributed by atoms with Crippen molar-refractivity contribution in [1.29, 1.82) is 0 Å². The molecule has 1 rings (SSSR count). The Kier molecular flexibility index (Phi) is 3.94. The van der Waals surface area contributed by atoms with Gasteiger partial charge in [-0.15, -0.1) is 0 Å². The molecule has 0 aromatic carbocycles. The lowest BCUT2D eigenvalue weighted by Crippen LogP contribution is -2.23. The SMILES string of the molecule is CC(=O)C(C)Nc1cc(Br)ncc1[N+](=O)[O-]. The Bertz CT molecular complexity index is 436. The molecule has 0 fully saturated rings. The summed E-state index contributed by atoms with van der Waals surface area (Å²) in [5.41, 5.74) is 0.117. The first-order chi connectivity index (χ1) is 7.41. The molecule has 0 radical (unpaired) electrons. The van der Waals surface area contributed by atoms with Crippen LogP contribution >= 0.6 is 15.9 Å². The fourth-order valence-electron chi connectivity index (χ4n) is 1.02. The molecular formula is C9H10BrN3O3. The van der Waals surface area contributed by atoms with Crippen LogP contribution in [0.3, 0.4) is 0 Å². The highest BCUT2D eigenvalue weighted by Crippen LogP contribution is 2.26. The number of carbonyl (C=O) groups excluding carboxylic acids is 1. The van der Waals surface area contributed by atoms with Crippen molar-refractivity contribution in [2.45, 2.75) is 19.9 Å². The second-order valence-corrected chi connectivity index (χ2v) is 4.07. The van der Waals surface area contributed by atoms with Gasteiger partial charge >= 0.3 is 5.69 Å². The summed E-state index contributed by atoms with van der Waals surface area (Å²) in [6, 6.07) is 0.991. The summed E-state index contributed by atoms with van der Waals surface area (Å²) < 4.78 is 0.469. The smallest absolute Gasteiger partial charge is 0.310 e. The lowest BCUT2D eigenvalue weighted by molar-refractivity contribution is -0.384. The first-order valence-electron chi connectivity index (χ1n) is 4.48. The molecule has 0 saturated heterocycles. The number of pyridine rings is 1. The van der Waals surface area contributed by atoms with Crippen LogP contribution in [-0.2, 0) is 4.79 Å². The molecule has 6 nitrogen and oxygen atoms in total. The predicted octanol–water partition coefficient (Wildman–Crippen LogP) is 2.14. The number of carbonyl (C=O) groups is 1. The third kappa shape index (κ3) is 2.99. The number of ketones is 1. The maximum absolute atomic E-state index is 11.1. The standard InChI is InChI=1S/C9H10BrN3O3/c1-5(6(2)14)12-7-3-9(10)11-4-8(7)13(15)16/h3-5H,1-2H3,(H,11,12). The molecule has 0 aliphatic heterocycles. The Hall–Kier alpha value is -1.50. The summed E-state index contributed by atoms with van der Waals surface area (Å²) in [5, 5.41) is 13.5. The Morgan fingerprint density at radius 3 is 2.81 bits per heavy atom. The maximum atomic E-state index is 11.1. The Morgan fingerprint density at radius 2 is 2.31 bits per heavy atom. The van der Waals surface area contributed by atoms with Crippen LogP contribution < -0.4 is 5.32 Å². The quantitative estimate of drug-likeness (QED) is 0.521. The van der Waals surface area contributed by atoms with Gasteiger partial charge in [-0.25, -0.2) is 4.98 Å². The minimum Gasteiger partial charge on any atom is -0.370 e. The number of nitro groups is 1. The molecule has 1 aromatic heterocycles. The summed E-state index contributed by atoms with van der Waals surface area (Å²) >= 11 is 3.11. The topological polar surface area (TPSA) is 85.1 Å². The van der Waals surface area contributed by atoms with Gasteiger partial charge in [0, 0.05) is 6.07 Å². The van der Waals surface area contributed by atoms with Gasteiger partial charge in [0.2, 0.25) is 0 Å². The minimum absolute atomic E-state index is 0.0952. The van der Waals surface area contributed by atoms with Gasteiger partial charge in [0.05, 0.1) is 11.0 Å². The molecule has 1 N–H and O–H groups in total. The molecule has 0 aliphatic rings. The first-order valence-corrected chi connectivity index (χ1v) is 5.28. The van der Waals surface area contributed by atoms with Gasteiger partial charge in [-0.2, -0.15) is 0 Å². The second-order valence-electron chi connectivity index (χ2n) is 3.26. The third-order valence-corrected chi connectivity index (χ3v) is 2.46. The zero-order chi connectivity index (χ0) is 12.3. The number of aromatic nitrogens is 1. The fraction of sp³-hybridized carbons (Fsp3) is 0.333. The molecule has 1 heterocycles. The first kappa shape index (κ1) is 12.6. The average molecular weight is 288 g/mol. The van der Waals surface area contributed by atoms with Gasteiger partial charge in [-0.05, 0) is 29.8 Å². The molecule has 0 saturated carbocycles. The van der Waals surface area contributed by atoms with Crippen molar-refractivity contribution in [3.8, 4) is 0 Å². The van der Waals surface area contributed by atoms with Gasteiger partial charge in [-0.1, -0.05) is 0 Å². The van der Waals surface area contributed by atoms with Crippen LogP contribution in [0.25, 0.3) is 0 Å². The van der Waals surface area contributed by atoms with E-state index in [1.165, 1.54) is 13.0 Å². The molecule has 0 bridgehead atoms. The lowest BCUT2D eigenvalue weighted by atomic mass is 10.2. The number of Topliss-reactive ketones (excluding diaryl/α,β-unsaturated/α-hetero) is 1. The number of hydrogen-bond acceptors (Lipinski definition) is 5. The van der Waals surface area contributed by atoms with Crippen LogP contribution in [0.5, 0.6) is 0 Å². The molecule has 1 atom stereocenters. The summed E-state index contributed by atoms with van der Waals surface area (Å²) in [6.07, 6.45) is 1.14. The van der Waals surface area contributed by atoms with Crippen LogP contribution in [0.4, 0.5) is 11.4 Å². The van der Waals surface area contributed by atoms with E-state index in [1.807, 2.05) is 0 Å². The highest BCUT2D eigenvalue weighted by atomic mass is 79.9. The molecule has 1 aromatic rings. The van der Waals surface area contributed by atoms with Gasteiger partial charge in [0.15, 0.2) is 5.78 Å². The molecule has 7 heteroatoms. The van der Waals surface area contributed by atoms with Crippen molar-refractivity contribution in [1.82, 2.24) is 4.98 Å². The van der Waals surface area contributed by atoms with Crippen molar-refractivity contribution in [2.24, 2.45) is 0 Å². The van der Waals surface area contributed by atoms with Crippen LogP contribution in [0.1, 0.15) is 13.8 Å². The summed E-state index contributed by atoms with van der Waals surface area (Å²) in [4.78, 5) is 25.0. The molecule has 1 unspecified atom stereocenters. The van der Waals surface area contributed by atoms with E-state index in [2.05, 4.69) is 26.2 Å². The van der Waals surface area contributed by atoms with Gasteiger partial charge in [0.1, 0.15) is 16.5 Å². The molecule has 0 amide bonds. The Labute approximate surface area is 100 Å². The number of nitrogens with one attached hydrogen (secondary N) is 1. The fourth-order valence-corrected chi connectivity index (χ4v) is 1.35. The van der Waals surface area contributed by atoms with E-state index in [-0.39, 0.29) is 17.2 Å². The lowest BCUT2D eigenvalue weighted by Gasteiger charge is -2.11. The predicted molar refractivity (Wildman–Crippen MR) is 62.4 cm³/mol. The maximum Gasteiger partial charge on any atom is 0.310 e. The number of anilines is 1. The Balaban J connectivity index is 3.05. The highest BCUT2D eigenvalue weighted by Gasteiger charge is 2.17. The van der Waals surface area contributed by atoms with E-state index < -0.39 is 11.0 Å². The average Bonchev–Trinajstić information content (AvgIpc) is 2.16. The van der Waals surface area contributed by atoms with E-state index in [0.29, 0.717) is 4.60 Å². The Morgan fingerprint density at radius 1 is 1.69 bits per heavy atom. The summed E-state index contributed by atoms with van der Waals surface area (Å²) in [7, 11) is 0. The number of halogens is 1. The van der Waals surface area contributed by atoms with Crippen LogP contribution in [0.2, 0.25) is 0 Å². The van der Waals surface area contributed by atoms with E-state index in [1.54, 1.807) is 6.92 Å². The highest BCUT2D eigenvalue weighted by molar-refractivity contribution is 9.10. The summed E-state index contributed by atoms with van der Waals surface area (Å²) in [6.45, 7) is 3.06. The number of hydrogen-bond donors (Lipinski definition) is 1. The molecule has 86 valence electrons. The zero-order valence-corrected chi connectivity index (χ0v) is 10.3. The number of nitrogens with zero attached hydrogens (tertiary/aromatic N) is 2. The molecule has 0 spiro atoms. The van der Waals surface area contributed by atoms with Crippen molar-refractivity contribution < 1.29 is 9.72 Å². The minimum atomic E-state index is -0.547. The van der Waals surface area contributed by atoms with Crippen molar-refractivity contribution in [3.63, 3.8) is 0 Å². The monoisotopic (exact) mass is 287 g/mol. The second kappa shape index (κ2) is 5.02. The van der Waals surface area contributed by atoms with Gasteiger partial charge in [0.25, 0.3) is 0 Å². The molecule has 16 heavy (non-hydrogen) atoms. The van der Waals surface area contributed by atoms with Gasteiger partial charge in [-0.3, -0.25) is 14.9 Å².